The van der Waals surface area contributed by atoms with Gasteiger partial charge in [-0.2, -0.15) is 4.36 Å². The Balaban J connectivity index is 1.59. The zero-order valence-electron chi connectivity index (χ0n) is 15.3. The van der Waals surface area contributed by atoms with Gasteiger partial charge in [-0.25, -0.2) is 4.79 Å². The van der Waals surface area contributed by atoms with Crippen LogP contribution in [0.5, 0.6) is 0 Å². The molecule has 2 amide bonds. The number of carbonyl (C=O) groups excluding carboxylic acids is 1. The fraction of sp³-hybridized carbons (Fsp3) is 0.450. The van der Waals surface area contributed by atoms with Crippen LogP contribution in [0.25, 0.3) is 0 Å². The summed E-state index contributed by atoms with van der Waals surface area (Å²) in [6.45, 7) is 4.31. The van der Waals surface area contributed by atoms with E-state index in [0.29, 0.717) is 5.92 Å². The second-order valence-corrected chi connectivity index (χ2v) is 9.84. The van der Waals surface area contributed by atoms with Gasteiger partial charge in [0.15, 0.2) is 0 Å². The summed E-state index contributed by atoms with van der Waals surface area (Å²) in [7, 11) is -0.898. The molecule has 0 spiro atoms. The summed E-state index contributed by atoms with van der Waals surface area (Å²) in [5.74, 6) is 0.459. The maximum absolute atomic E-state index is 12.6. The first-order chi connectivity index (χ1) is 12.5. The van der Waals surface area contributed by atoms with Crippen LogP contribution < -0.4 is 10.5 Å². The first-order valence-electron chi connectivity index (χ1n) is 9.29. The molecule has 26 heavy (non-hydrogen) atoms. The Kier molecular flexibility index (Phi) is 4.99. The average Bonchev–Trinajstić information content (AvgIpc) is 3.34. The number of rotatable bonds is 3. The number of anilines is 1. The van der Waals surface area contributed by atoms with E-state index in [1.54, 1.807) is 11.3 Å². The van der Waals surface area contributed by atoms with Crippen LogP contribution in [0.2, 0.25) is 0 Å². The first kappa shape index (κ1) is 17.9. The predicted octanol–water partition coefficient (Wildman–Crippen LogP) is 5.12. The van der Waals surface area contributed by atoms with Crippen molar-refractivity contribution in [2.24, 2.45) is 9.50 Å². The Labute approximate surface area is 161 Å². The largest absolute Gasteiger partial charge is 0.352 e. The lowest BCUT2D eigenvalue weighted by molar-refractivity contribution is 0.260. The molecule has 4 rings (SSSR count). The van der Waals surface area contributed by atoms with Crippen molar-refractivity contribution in [1.82, 2.24) is 0 Å². The molecule has 0 bridgehead atoms. The van der Waals surface area contributed by atoms with Gasteiger partial charge in [0.1, 0.15) is 0 Å². The Morgan fingerprint density at radius 1 is 1.15 bits per heavy atom. The number of hydrogen-bond acceptors (Lipinski definition) is 2. The minimum atomic E-state index is -0.898. The number of fused-ring (bicyclic) bond motifs is 2. The van der Waals surface area contributed by atoms with E-state index in [0.717, 1.165) is 35.6 Å². The molecule has 3 N–H and O–H groups in total. The van der Waals surface area contributed by atoms with Gasteiger partial charge in [-0.3, -0.25) is 5.14 Å². The number of amides is 2. The van der Waals surface area contributed by atoms with Crippen molar-refractivity contribution in [3.05, 3.63) is 45.3 Å². The molecule has 4 nitrogen and oxygen atoms in total. The summed E-state index contributed by atoms with van der Waals surface area (Å²) in [6.07, 6.45) is 6.69. The molecule has 1 heterocycles. The molecule has 1 atom stereocenters. The molecule has 2 aliphatic rings. The molecule has 2 aromatic rings. The van der Waals surface area contributed by atoms with Gasteiger partial charge in [0.25, 0.3) is 0 Å². The smallest absolute Gasteiger partial charge is 0.305 e. The summed E-state index contributed by atoms with van der Waals surface area (Å²) >= 11 is 1.59. The van der Waals surface area contributed by atoms with Gasteiger partial charge in [0.05, 0.1) is 4.21 Å². The van der Waals surface area contributed by atoms with Gasteiger partial charge >= 0.3 is 6.03 Å². The van der Waals surface area contributed by atoms with Crippen molar-refractivity contribution in [3.8, 4) is 0 Å². The summed E-state index contributed by atoms with van der Waals surface area (Å²) in [5.41, 5.74) is 7.75. The van der Waals surface area contributed by atoms with Crippen LogP contribution in [0.4, 0.5) is 10.5 Å². The van der Waals surface area contributed by atoms with Crippen LogP contribution >= 0.6 is 11.3 Å². The van der Waals surface area contributed by atoms with Gasteiger partial charge in [0, 0.05) is 16.6 Å². The van der Waals surface area contributed by atoms with Crippen LogP contribution in [0.15, 0.2) is 26.1 Å². The van der Waals surface area contributed by atoms with Crippen LogP contribution in [0, 0.1) is 0 Å². The molecule has 0 radical (unpaired) electrons. The number of aryl methyl sites for hydroxylation is 2. The third-order valence-corrected chi connectivity index (χ3v) is 7.79. The quantitative estimate of drug-likeness (QED) is 0.768. The third kappa shape index (κ3) is 3.38. The van der Waals surface area contributed by atoms with Gasteiger partial charge < -0.3 is 5.32 Å². The Morgan fingerprint density at radius 2 is 1.81 bits per heavy atom. The number of carbonyl (C=O) groups is 1. The Morgan fingerprint density at radius 3 is 2.38 bits per heavy atom. The van der Waals surface area contributed by atoms with Crippen molar-refractivity contribution < 1.29 is 4.79 Å². The van der Waals surface area contributed by atoms with Crippen molar-refractivity contribution in [2.75, 3.05) is 5.32 Å². The molecular formula is C20H25N3OS2. The summed E-state index contributed by atoms with van der Waals surface area (Å²) < 4.78 is 5.20. The highest BCUT2D eigenvalue weighted by Crippen LogP contribution is 2.38. The van der Waals surface area contributed by atoms with E-state index in [4.69, 9.17) is 5.14 Å². The average molecular weight is 388 g/mol. The molecule has 6 heteroatoms. The second kappa shape index (κ2) is 7.25. The number of nitrogens with two attached hydrogens (primary N) is 1. The molecular weight excluding hydrogens is 362 g/mol. The maximum Gasteiger partial charge on any atom is 0.352 e. The monoisotopic (exact) mass is 387 g/mol. The van der Waals surface area contributed by atoms with E-state index in [1.807, 2.05) is 0 Å². The number of thiophene rings is 1. The molecule has 1 aromatic heterocycles. The number of nitrogens with one attached hydrogen (secondary N) is 1. The van der Waals surface area contributed by atoms with Crippen molar-refractivity contribution in [3.63, 3.8) is 0 Å². The number of hydrogen-bond donors (Lipinski definition) is 2. The van der Waals surface area contributed by atoms with E-state index < -0.39 is 10.9 Å². The Hall–Kier alpha value is -1.50. The lowest BCUT2D eigenvalue weighted by Gasteiger charge is -2.15. The molecule has 0 aliphatic heterocycles. The van der Waals surface area contributed by atoms with Crippen LogP contribution in [-0.4, -0.2) is 6.03 Å². The van der Waals surface area contributed by atoms with Crippen molar-refractivity contribution >= 4 is 33.9 Å². The minimum Gasteiger partial charge on any atom is -0.305 e. The summed E-state index contributed by atoms with van der Waals surface area (Å²) in [5, 5.41) is 11.4. The van der Waals surface area contributed by atoms with Crippen molar-refractivity contribution in [1.29, 1.82) is 0 Å². The SMILES string of the molecule is CC(C)c1csc(S(N)=NC(=O)Nc2c3c(cc4c2CCC4)CCC3)c1. The van der Waals surface area contributed by atoms with E-state index in [1.165, 1.54) is 40.7 Å². The summed E-state index contributed by atoms with van der Waals surface area (Å²) in [4.78, 5) is 12.6. The second-order valence-electron chi connectivity index (χ2n) is 7.42. The van der Waals surface area contributed by atoms with E-state index in [-0.39, 0.29) is 6.03 Å². The lowest BCUT2D eigenvalue weighted by atomic mass is 9.99. The standard InChI is InChI=1S/C20H25N3OS2/c1-12(2)15-10-18(25-11-15)26(21)23-20(24)22-19-16-7-3-5-13(16)9-14-6-4-8-17(14)19/h9-12H,3-8H2,1-2H3,(H3,21,22,23,24). The molecule has 138 valence electrons. The summed E-state index contributed by atoms with van der Waals surface area (Å²) in [6, 6.07) is 4.13. The highest BCUT2D eigenvalue weighted by Gasteiger charge is 2.25. The first-order valence-corrected chi connectivity index (χ1v) is 11.4. The van der Waals surface area contributed by atoms with Crippen molar-refractivity contribution in [2.45, 2.75) is 62.5 Å². The minimum absolute atomic E-state index is 0.315. The molecule has 0 saturated carbocycles. The van der Waals surface area contributed by atoms with Gasteiger partial charge in [-0.15, -0.1) is 11.3 Å². The van der Waals surface area contributed by atoms with Gasteiger partial charge in [-0.1, -0.05) is 19.9 Å². The molecule has 2 aliphatic carbocycles. The fourth-order valence-electron chi connectivity index (χ4n) is 3.97. The number of urea groups is 1. The normalized spacial score (nSPS) is 16.8. The predicted molar refractivity (Wildman–Crippen MR) is 110 cm³/mol. The van der Waals surface area contributed by atoms with Gasteiger partial charge in [0.2, 0.25) is 0 Å². The van der Waals surface area contributed by atoms with E-state index >= 15 is 0 Å². The molecule has 1 aromatic carbocycles. The van der Waals surface area contributed by atoms with Crippen LogP contribution in [-0.2, 0) is 36.6 Å². The highest BCUT2D eigenvalue weighted by molar-refractivity contribution is 7.87. The molecule has 0 fully saturated rings. The molecule has 1 unspecified atom stereocenters. The Bertz CT molecular complexity index is 866. The zero-order chi connectivity index (χ0) is 18.3. The molecule has 0 saturated heterocycles. The zero-order valence-corrected chi connectivity index (χ0v) is 16.9. The third-order valence-electron chi connectivity index (χ3n) is 5.35. The van der Waals surface area contributed by atoms with Gasteiger partial charge in [-0.05, 0) is 83.7 Å². The number of nitrogens with zero attached hydrogens (tertiary/aromatic N) is 1. The maximum atomic E-state index is 12.6. The highest BCUT2D eigenvalue weighted by atomic mass is 32.2. The van der Waals surface area contributed by atoms with E-state index in [9.17, 15) is 4.79 Å². The topological polar surface area (TPSA) is 67.5 Å². The number of benzene rings is 1. The lowest BCUT2D eigenvalue weighted by Crippen LogP contribution is -2.14. The fourth-order valence-corrected chi connectivity index (χ4v) is 5.99. The van der Waals surface area contributed by atoms with Crippen LogP contribution in [0.3, 0.4) is 0 Å². The van der Waals surface area contributed by atoms with E-state index in [2.05, 4.69) is 41.0 Å². The van der Waals surface area contributed by atoms with Crippen LogP contribution in [0.1, 0.15) is 60.4 Å².